The number of hydrogen-bond donors (Lipinski definition) is 1. The van der Waals surface area contributed by atoms with Gasteiger partial charge in [-0.2, -0.15) is 0 Å². The summed E-state index contributed by atoms with van der Waals surface area (Å²) >= 11 is 0. The van der Waals surface area contributed by atoms with Gasteiger partial charge in [-0.3, -0.25) is 0 Å². The molecule has 0 aromatic rings. The maximum absolute atomic E-state index is 5.94. The average Bonchev–Trinajstić information content (AvgIpc) is 2.41. The molecule has 1 fully saturated rings. The van der Waals surface area contributed by atoms with Crippen molar-refractivity contribution in [2.75, 3.05) is 6.54 Å². The zero-order chi connectivity index (χ0) is 11.5. The molecular weight excluding hydrogens is 186 g/mol. The lowest BCUT2D eigenvalue weighted by molar-refractivity contribution is -0.0151. The second kappa shape index (κ2) is 5.31. The van der Waals surface area contributed by atoms with Crippen LogP contribution in [-0.2, 0) is 4.74 Å². The minimum atomic E-state index is 0.105. The Morgan fingerprint density at radius 1 is 1.33 bits per heavy atom. The van der Waals surface area contributed by atoms with Crippen LogP contribution < -0.4 is 5.32 Å². The normalized spacial score (nSPS) is 27.2. The lowest BCUT2D eigenvalue weighted by Gasteiger charge is -2.22. The molecule has 0 amide bonds. The third-order valence-corrected chi connectivity index (χ3v) is 3.07. The van der Waals surface area contributed by atoms with E-state index in [-0.39, 0.29) is 5.60 Å². The van der Waals surface area contributed by atoms with E-state index < -0.39 is 0 Å². The molecule has 0 radical (unpaired) electrons. The van der Waals surface area contributed by atoms with Crippen molar-refractivity contribution in [2.24, 2.45) is 5.92 Å². The van der Waals surface area contributed by atoms with Crippen LogP contribution in [-0.4, -0.2) is 24.3 Å². The molecule has 2 unspecified atom stereocenters. The van der Waals surface area contributed by atoms with E-state index in [9.17, 15) is 0 Å². The fourth-order valence-corrected chi connectivity index (χ4v) is 2.34. The van der Waals surface area contributed by atoms with E-state index in [0.717, 1.165) is 12.5 Å². The summed E-state index contributed by atoms with van der Waals surface area (Å²) in [5.74, 6) is 0.772. The maximum Gasteiger partial charge on any atom is 0.0707 e. The SMILES string of the molecule is CC(C)CC(C)NCC1CCC(C)(C)O1. The molecule has 1 aliphatic rings. The number of hydrogen-bond acceptors (Lipinski definition) is 2. The Bertz CT molecular complexity index is 189. The molecule has 1 N–H and O–H groups in total. The van der Waals surface area contributed by atoms with Crippen molar-refractivity contribution >= 4 is 0 Å². The predicted octanol–water partition coefficient (Wildman–Crippen LogP) is 2.97. The van der Waals surface area contributed by atoms with Gasteiger partial charge in [-0.15, -0.1) is 0 Å². The zero-order valence-corrected chi connectivity index (χ0v) is 11.0. The Balaban J connectivity index is 2.15. The molecule has 0 aromatic carbocycles. The van der Waals surface area contributed by atoms with E-state index in [1.165, 1.54) is 19.3 Å². The van der Waals surface area contributed by atoms with Crippen LogP contribution in [0.15, 0.2) is 0 Å². The second-order valence-corrected chi connectivity index (χ2v) is 5.98. The molecule has 0 saturated carbocycles. The minimum Gasteiger partial charge on any atom is -0.371 e. The Hall–Kier alpha value is -0.0800. The molecule has 0 bridgehead atoms. The van der Waals surface area contributed by atoms with Crippen LogP contribution in [0.5, 0.6) is 0 Å². The first-order chi connectivity index (χ1) is 6.89. The van der Waals surface area contributed by atoms with Gasteiger partial charge in [-0.25, -0.2) is 0 Å². The molecule has 15 heavy (non-hydrogen) atoms. The fraction of sp³-hybridized carbons (Fsp3) is 1.00. The van der Waals surface area contributed by atoms with Crippen molar-refractivity contribution in [2.45, 2.75) is 71.6 Å². The molecule has 0 spiro atoms. The van der Waals surface area contributed by atoms with Gasteiger partial charge in [0.1, 0.15) is 0 Å². The Morgan fingerprint density at radius 2 is 2.00 bits per heavy atom. The average molecular weight is 213 g/mol. The summed E-state index contributed by atoms with van der Waals surface area (Å²) in [6.45, 7) is 12.2. The summed E-state index contributed by atoms with van der Waals surface area (Å²) in [4.78, 5) is 0. The summed E-state index contributed by atoms with van der Waals surface area (Å²) < 4.78 is 5.94. The molecule has 1 rings (SSSR count). The Morgan fingerprint density at radius 3 is 2.47 bits per heavy atom. The van der Waals surface area contributed by atoms with Crippen molar-refractivity contribution in [1.82, 2.24) is 5.32 Å². The second-order valence-electron chi connectivity index (χ2n) is 5.98. The highest BCUT2D eigenvalue weighted by molar-refractivity contribution is 4.82. The van der Waals surface area contributed by atoms with Crippen LogP contribution >= 0.6 is 0 Å². The molecule has 2 heteroatoms. The van der Waals surface area contributed by atoms with E-state index >= 15 is 0 Å². The third-order valence-electron chi connectivity index (χ3n) is 3.07. The van der Waals surface area contributed by atoms with Gasteiger partial charge in [0.15, 0.2) is 0 Å². The molecule has 2 nitrogen and oxygen atoms in total. The first-order valence-electron chi connectivity index (χ1n) is 6.30. The van der Waals surface area contributed by atoms with Crippen LogP contribution in [0, 0.1) is 5.92 Å². The van der Waals surface area contributed by atoms with Crippen LogP contribution in [0.25, 0.3) is 0 Å². The maximum atomic E-state index is 5.94. The highest BCUT2D eigenvalue weighted by atomic mass is 16.5. The van der Waals surface area contributed by atoms with E-state index in [1.807, 2.05) is 0 Å². The first kappa shape index (κ1) is 13.0. The quantitative estimate of drug-likeness (QED) is 0.758. The molecule has 1 saturated heterocycles. The van der Waals surface area contributed by atoms with Crippen molar-refractivity contribution in [3.63, 3.8) is 0 Å². The van der Waals surface area contributed by atoms with Gasteiger partial charge < -0.3 is 10.1 Å². The van der Waals surface area contributed by atoms with Gasteiger partial charge >= 0.3 is 0 Å². The Labute approximate surface area is 94.8 Å². The summed E-state index contributed by atoms with van der Waals surface area (Å²) in [5, 5.41) is 3.57. The number of nitrogens with one attached hydrogen (secondary N) is 1. The van der Waals surface area contributed by atoms with Gasteiger partial charge in [0.2, 0.25) is 0 Å². The highest BCUT2D eigenvalue weighted by Crippen LogP contribution is 2.28. The van der Waals surface area contributed by atoms with E-state index in [1.54, 1.807) is 0 Å². The predicted molar refractivity (Wildman–Crippen MR) is 65.1 cm³/mol. The van der Waals surface area contributed by atoms with E-state index in [2.05, 4.69) is 39.9 Å². The van der Waals surface area contributed by atoms with Crippen LogP contribution in [0.3, 0.4) is 0 Å². The van der Waals surface area contributed by atoms with Crippen molar-refractivity contribution in [3.8, 4) is 0 Å². The molecule has 2 atom stereocenters. The van der Waals surface area contributed by atoms with Gasteiger partial charge in [0.25, 0.3) is 0 Å². The summed E-state index contributed by atoms with van der Waals surface area (Å²) in [5.41, 5.74) is 0.105. The van der Waals surface area contributed by atoms with Crippen LogP contribution in [0.2, 0.25) is 0 Å². The minimum absolute atomic E-state index is 0.105. The van der Waals surface area contributed by atoms with Gasteiger partial charge in [0, 0.05) is 12.6 Å². The molecule has 1 aliphatic heterocycles. The molecule has 0 aromatic heterocycles. The van der Waals surface area contributed by atoms with Gasteiger partial charge in [0.05, 0.1) is 11.7 Å². The van der Waals surface area contributed by atoms with Crippen molar-refractivity contribution in [1.29, 1.82) is 0 Å². The van der Waals surface area contributed by atoms with Crippen LogP contribution in [0.1, 0.15) is 53.9 Å². The standard InChI is InChI=1S/C13H27NO/c1-10(2)8-11(3)14-9-12-6-7-13(4,5)15-12/h10-12,14H,6-9H2,1-5H3. The topological polar surface area (TPSA) is 21.3 Å². The van der Waals surface area contributed by atoms with E-state index in [0.29, 0.717) is 12.1 Å². The summed E-state index contributed by atoms with van der Waals surface area (Å²) in [6.07, 6.45) is 4.07. The van der Waals surface area contributed by atoms with Gasteiger partial charge in [-0.1, -0.05) is 13.8 Å². The fourth-order valence-electron chi connectivity index (χ4n) is 2.34. The highest BCUT2D eigenvalue weighted by Gasteiger charge is 2.31. The third kappa shape index (κ3) is 4.98. The lowest BCUT2D eigenvalue weighted by Crippen LogP contribution is -2.35. The van der Waals surface area contributed by atoms with Crippen molar-refractivity contribution < 1.29 is 4.74 Å². The van der Waals surface area contributed by atoms with E-state index in [4.69, 9.17) is 4.74 Å². The first-order valence-corrected chi connectivity index (χ1v) is 6.30. The molecular formula is C13H27NO. The largest absolute Gasteiger partial charge is 0.371 e. The summed E-state index contributed by atoms with van der Waals surface area (Å²) in [7, 11) is 0. The lowest BCUT2D eigenvalue weighted by atomic mass is 10.0. The smallest absolute Gasteiger partial charge is 0.0707 e. The molecule has 0 aliphatic carbocycles. The molecule has 1 heterocycles. The Kier molecular flexibility index (Phi) is 4.60. The van der Waals surface area contributed by atoms with Crippen molar-refractivity contribution in [3.05, 3.63) is 0 Å². The molecule has 90 valence electrons. The van der Waals surface area contributed by atoms with Gasteiger partial charge in [-0.05, 0) is 46.0 Å². The number of rotatable bonds is 5. The van der Waals surface area contributed by atoms with Crippen LogP contribution in [0.4, 0.5) is 0 Å². The monoisotopic (exact) mass is 213 g/mol. The number of ether oxygens (including phenoxy) is 1. The summed E-state index contributed by atoms with van der Waals surface area (Å²) in [6, 6.07) is 0.609. The zero-order valence-electron chi connectivity index (χ0n) is 11.0.